The number of carbonyl (C=O) groups is 2. The smallest absolute Gasteiger partial charge is 0.338 e. The number of ether oxygens (including phenoxy) is 1. The van der Waals surface area contributed by atoms with Gasteiger partial charge < -0.3 is 10.1 Å². The minimum atomic E-state index is -0.553. The van der Waals surface area contributed by atoms with Crippen molar-refractivity contribution in [2.75, 3.05) is 6.61 Å². The Morgan fingerprint density at radius 1 is 1.14 bits per heavy atom. The quantitative estimate of drug-likeness (QED) is 0.862. The Morgan fingerprint density at radius 2 is 1.86 bits per heavy atom. The molecule has 0 saturated heterocycles. The summed E-state index contributed by atoms with van der Waals surface area (Å²) in [4.78, 5) is 23.4. The average Bonchev–Trinajstić information content (AvgIpc) is 2.51. The van der Waals surface area contributed by atoms with Crippen molar-refractivity contribution in [2.24, 2.45) is 0 Å². The third-order valence-corrected chi connectivity index (χ3v) is 3.24. The first-order valence-corrected chi connectivity index (χ1v) is 7.17. The zero-order chi connectivity index (χ0) is 15.9. The highest BCUT2D eigenvalue weighted by Gasteiger charge is 2.09. The lowest BCUT2D eigenvalue weighted by molar-refractivity contribution is -0.124. The Morgan fingerprint density at radius 3 is 2.55 bits per heavy atom. The Balaban J connectivity index is 1.78. The Kier molecular flexibility index (Phi) is 5.55. The topological polar surface area (TPSA) is 55.4 Å². The predicted molar refractivity (Wildman–Crippen MR) is 84.8 cm³/mol. The van der Waals surface area contributed by atoms with Crippen LogP contribution < -0.4 is 5.32 Å². The van der Waals surface area contributed by atoms with Gasteiger partial charge in [0.05, 0.1) is 5.56 Å². The first-order chi connectivity index (χ1) is 10.5. The van der Waals surface area contributed by atoms with E-state index in [4.69, 9.17) is 16.3 Å². The summed E-state index contributed by atoms with van der Waals surface area (Å²) in [6.07, 6.45) is 0. The van der Waals surface area contributed by atoms with Crippen LogP contribution in [0.3, 0.4) is 0 Å². The van der Waals surface area contributed by atoms with E-state index in [1.165, 1.54) is 0 Å². The highest BCUT2D eigenvalue weighted by Crippen LogP contribution is 2.10. The molecule has 2 aromatic carbocycles. The molecule has 0 heterocycles. The second kappa shape index (κ2) is 7.61. The van der Waals surface area contributed by atoms with Crippen LogP contribution in [0.25, 0.3) is 0 Å². The zero-order valence-corrected chi connectivity index (χ0v) is 12.9. The Hall–Kier alpha value is -2.33. The maximum absolute atomic E-state index is 11.7. The van der Waals surface area contributed by atoms with Gasteiger partial charge in [-0.15, -0.1) is 0 Å². The van der Waals surface area contributed by atoms with Gasteiger partial charge in [0, 0.05) is 11.6 Å². The summed E-state index contributed by atoms with van der Waals surface area (Å²) in [5.41, 5.74) is 2.48. The van der Waals surface area contributed by atoms with Crippen molar-refractivity contribution in [3.05, 3.63) is 70.2 Å². The van der Waals surface area contributed by atoms with Crippen molar-refractivity contribution in [2.45, 2.75) is 13.5 Å². The largest absolute Gasteiger partial charge is 0.452 e. The van der Waals surface area contributed by atoms with E-state index < -0.39 is 5.97 Å². The molecule has 0 radical (unpaired) electrons. The molecule has 4 nitrogen and oxygen atoms in total. The molecule has 0 aromatic heterocycles. The first kappa shape index (κ1) is 16.0. The zero-order valence-electron chi connectivity index (χ0n) is 12.1. The van der Waals surface area contributed by atoms with E-state index in [1.807, 2.05) is 31.2 Å². The van der Waals surface area contributed by atoms with Crippen molar-refractivity contribution in [1.82, 2.24) is 5.32 Å². The second-order valence-corrected chi connectivity index (χ2v) is 5.29. The summed E-state index contributed by atoms with van der Waals surface area (Å²) in [6.45, 7) is 2.07. The van der Waals surface area contributed by atoms with Gasteiger partial charge in [-0.2, -0.15) is 0 Å². The van der Waals surface area contributed by atoms with Crippen molar-refractivity contribution >= 4 is 23.5 Å². The van der Waals surface area contributed by atoms with Gasteiger partial charge in [-0.25, -0.2) is 4.79 Å². The van der Waals surface area contributed by atoms with Gasteiger partial charge in [0.1, 0.15) is 0 Å². The van der Waals surface area contributed by atoms with E-state index in [-0.39, 0.29) is 12.5 Å². The summed E-state index contributed by atoms with van der Waals surface area (Å²) in [5, 5.41) is 3.24. The first-order valence-electron chi connectivity index (χ1n) is 6.79. The molecule has 2 aromatic rings. The van der Waals surface area contributed by atoms with Gasteiger partial charge in [0.25, 0.3) is 5.91 Å². The second-order valence-electron chi connectivity index (χ2n) is 4.85. The van der Waals surface area contributed by atoms with Crippen LogP contribution in [0.5, 0.6) is 0 Å². The van der Waals surface area contributed by atoms with Gasteiger partial charge in [-0.3, -0.25) is 4.79 Å². The van der Waals surface area contributed by atoms with Gasteiger partial charge in [0.15, 0.2) is 6.61 Å². The molecule has 0 aliphatic carbocycles. The SMILES string of the molecule is Cc1cccc(CNC(=O)COC(=O)c2ccc(Cl)cc2)c1. The van der Waals surface area contributed by atoms with E-state index in [9.17, 15) is 9.59 Å². The third kappa shape index (κ3) is 4.90. The average molecular weight is 318 g/mol. The van der Waals surface area contributed by atoms with Crippen LogP contribution in [-0.4, -0.2) is 18.5 Å². The Labute approximate surface area is 134 Å². The number of nitrogens with one attached hydrogen (secondary N) is 1. The highest BCUT2D eigenvalue weighted by atomic mass is 35.5. The van der Waals surface area contributed by atoms with Crippen LogP contribution in [0.4, 0.5) is 0 Å². The lowest BCUT2D eigenvalue weighted by Crippen LogP contribution is -2.28. The van der Waals surface area contributed by atoms with Crippen molar-refractivity contribution in [3.63, 3.8) is 0 Å². The van der Waals surface area contributed by atoms with E-state index >= 15 is 0 Å². The molecule has 1 amide bonds. The van der Waals surface area contributed by atoms with Crippen molar-refractivity contribution in [3.8, 4) is 0 Å². The van der Waals surface area contributed by atoms with Gasteiger partial charge in [0.2, 0.25) is 0 Å². The highest BCUT2D eigenvalue weighted by molar-refractivity contribution is 6.30. The third-order valence-electron chi connectivity index (χ3n) is 2.99. The number of aryl methyl sites for hydroxylation is 1. The molecule has 1 N–H and O–H groups in total. The number of hydrogen-bond acceptors (Lipinski definition) is 3. The van der Waals surface area contributed by atoms with Crippen LogP contribution in [0.15, 0.2) is 48.5 Å². The van der Waals surface area contributed by atoms with Gasteiger partial charge in [-0.1, -0.05) is 41.4 Å². The summed E-state index contributed by atoms with van der Waals surface area (Å²) >= 11 is 5.74. The number of benzene rings is 2. The molecule has 0 bridgehead atoms. The van der Waals surface area contributed by atoms with Crippen LogP contribution in [0.2, 0.25) is 5.02 Å². The number of rotatable bonds is 5. The molecule has 22 heavy (non-hydrogen) atoms. The molecular weight excluding hydrogens is 302 g/mol. The van der Waals surface area contributed by atoms with Crippen LogP contribution in [0.1, 0.15) is 21.5 Å². The van der Waals surface area contributed by atoms with Crippen LogP contribution >= 0.6 is 11.6 Å². The number of amides is 1. The van der Waals surface area contributed by atoms with E-state index in [0.29, 0.717) is 17.1 Å². The maximum atomic E-state index is 11.7. The molecule has 0 fully saturated rings. The van der Waals surface area contributed by atoms with E-state index in [0.717, 1.165) is 11.1 Å². The molecular formula is C17H16ClNO3. The van der Waals surface area contributed by atoms with E-state index in [2.05, 4.69) is 5.32 Å². The maximum Gasteiger partial charge on any atom is 0.338 e. The lowest BCUT2D eigenvalue weighted by Gasteiger charge is -2.07. The molecule has 114 valence electrons. The van der Waals surface area contributed by atoms with E-state index in [1.54, 1.807) is 24.3 Å². The molecule has 0 atom stereocenters. The van der Waals surface area contributed by atoms with Gasteiger partial charge >= 0.3 is 5.97 Å². The normalized spacial score (nSPS) is 10.1. The minimum absolute atomic E-state index is 0.312. The number of hydrogen-bond donors (Lipinski definition) is 1. The fourth-order valence-corrected chi connectivity index (χ4v) is 2.00. The predicted octanol–water partition coefficient (Wildman–Crippen LogP) is 3.12. The molecule has 0 aliphatic rings. The number of halogens is 1. The minimum Gasteiger partial charge on any atom is -0.452 e. The molecule has 0 spiro atoms. The summed E-state index contributed by atoms with van der Waals surface area (Å²) in [7, 11) is 0. The standard InChI is InChI=1S/C17H16ClNO3/c1-12-3-2-4-13(9-12)10-19-16(20)11-22-17(21)14-5-7-15(18)8-6-14/h2-9H,10-11H2,1H3,(H,19,20). The van der Waals surface area contributed by atoms with Crippen molar-refractivity contribution < 1.29 is 14.3 Å². The molecule has 5 heteroatoms. The monoisotopic (exact) mass is 317 g/mol. The van der Waals surface area contributed by atoms with Crippen LogP contribution in [-0.2, 0) is 16.1 Å². The lowest BCUT2D eigenvalue weighted by atomic mass is 10.1. The fraction of sp³-hybridized carbons (Fsp3) is 0.176. The summed E-state index contributed by atoms with van der Waals surface area (Å²) < 4.78 is 4.95. The number of carbonyl (C=O) groups excluding carboxylic acids is 2. The molecule has 2 rings (SSSR count). The van der Waals surface area contributed by atoms with Crippen molar-refractivity contribution in [1.29, 1.82) is 0 Å². The summed E-state index contributed by atoms with van der Waals surface area (Å²) in [6, 6.07) is 14.1. The molecule has 0 saturated carbocycles. The summed E-state index contributed by atoms with van der Waals surface area (Å²) in [5.74, 6) is -0.897. The van der Waals surface area contributed by atoms with Gasteiger partial charge in [-0.05, 0) is 36.8 Å². The number of esters is 1. The van der Waals surface area contributed by atoms with Crippen LogP contribution in [0, 0.1) is 6.92 Å². The molecule has 0 aliphatic heterocycles. The fourth-order valence-electron chi connectivity index (χ4n) is 1.87. The Bertz CT molecular complexity index is 668. The molecule has 0 unspecified atom stereocenters.